The minimum atomic E-state index is -0.435. The zero-order valence-electron chi connectivity index (χ0n) is 20.5. The molecular formula is C26H26N4O6S2. The number of esters is 2. The van der Waals surface area contributed by atoms with Crippen molar-refractivity contribution in [3.8, 4) is 11.5 Å². The molecule has 198 valence electrons. The largest absolute Gasteiger partial charge is 0.508 e. The van der Waals surface area contributed by atoms with Gasteiger partial charge in [0.1, 0.15) is 18.1 Å². The molecule has 2 atom stereocenters. The molecule has 0 saturated heterocycles. The van der Waals surface area contributed by atoms with Crippen molar-refractivity contribution in [2.24, 2.45) is 0 Å². The number of phenols is 2. The Hall–Kier alpha value is -4.16. The molecule has 6 N–H and O–H groups in total. The molecule has 0 radical (unpaired) electrons. The van der Waals surface area contributed by atoms with Crippen molar-refractivity contribution >= 4 is 46.6 Å². The predicted octanol–water partition coefficient (Wildman–Crippen LogP) is 2.47. The second-order valence-electron chi connectivity index (χ2n) is 8.48. The summed E-state index contributed by atoms with van der Waals surface area (Å²) >= 11 is 10.2. The molecule has 3 aliphatic heterocycles. The van der Waals surface area contributed by atoms with Gasteiger partial charge >= 0.3 is 11.9 Å². The quantitative estimate of drug-likeness (QED) is 0.244. The van der Waals surface area contributed by atoms with Gasteiger partial charge in [0.15, 0.2) is 10.2 Å². The number of aromatic hydroxyl groups is 2. The molecule has 0 aliphatic carbocycles. The first-order valence-electron chi connectivity index (χ1n) is 11.7. The molecule has 0 fully saturated rings. The number of carbonyl (C=O) groups excluding carboxylic acids is 2. The Labute approximate surface area is 229 Å². The Kier molecular flexibility index (Phi) is 8.13. The van der Waals surface area contributed by atoms with Gasteiger partial charge in [-0.15, -0.1) is 0 Å². The zero-order valence-corrected chi connectivity index (χ0v) is 22.2. The summed E-state index contributed by atoms with van der Waals surface area (Å²) in [5, 5.41) is 31.9. The number of cyclic esters (lactones) is 1. The molecule has 0 spiro atoms. The van der Waals surface area contributed by atoms with E-state index in [0.29, 0.717) is 39.4 Å². The van der Waals surface area contributed by atoms with Gasteiger partial charge in [-0.2, -0.15) is 0 Å². The summed E-state index contributed by atoms with van der Waals surface area (Å²) in [6.45, 7) is 4.04. The van der Waals surface area contributed by atoms with E-state index in [4.69, 9.17) is 33.9 Å². The Morgan fingerprint density at radius 3 is 2.18 bits per heavy atom. The van der Waals surface area contributed by atoms with Crippen molar-refractivity contribution in [1.29, 1.82) is 0 Å². The van der Waals surface area contributed by atoms with E-state index in [1.54, 1.807) is 50.2 Å². The highest BCUT2D eigenvalue weighted by molar-refractivity contribution is 7.80. The lowest BCUT2D eigenvalue weighted by molar-refractivity contribution is -0.139. The lowest BCUT2D eigenvalue weighted by Crippen LogP contribution is -2.45. The molecule has 12 heteroatoms. The predicted molar refractivity (Wildman–Crippen MR) is 147 cm³/mol. The highest BCUT2D eigenvalue weighted by atomic mass is 32.1. The van der Waals surface area contributed by atoms with E-state index in [1.165, 1.54) is 0 Å². The van der Waals surface area contributed by atoms with Gasteiger partial charge < -0.3 is 41.0 Å². The Bertz CT molecular complexity index is 1370. The molecule has 0 amide bonds. The number of hydrogen-bond donors (Lipinski definition) is 6. The molecule has 10 nitrogen and oxygen atoms in total. The fourth-order valence-corrected chi connectivity index (χ4v) is 4.78. The van der Waals surface area contributed by atoms with Crippen LogP contribution in [0.5, 0.6) is 11.5 Å². The molecule has 2 aromatic rings. The van der Waals surface area contributed by atoms with Crippen LogP contribution in [0, 0.1) is 0 Å². The van der Waals surface area contributed by atoms with E-state index in [0.717, 1.165) is 11.1 Å². The number of carbonyl (C=O) groups is 2. The Morgan fingerprint density at radius 1 is 1.00 bits per heavy atom. The number of hydrogen-bond acceptors (Lipinski definition) is 8. The number of benzene rings is 2. The Morgan fingerprint density at radius 2 is 1.58 bits per heavy atom. The maximum Gasteiger partial charge on any atom is 0.338 e. The number of ether oxygens (including phenoxy) is 2. The van der Waals surface area contributed by atoms with Crippen molar-refractivity contribution in [2.75, 3.05) is 13.2 Å². The SMILES string of the molecule is CCOC(=O)C1=C(C)NC(=S)NC1c1cccc(O)c1.O=C1OCC2=C1C(c1cccc(O)c1)NC(=S)N2. The number of thiocarbonyl (C=S) groups is 2. The minimum Gasteiger partial charge on any atom is -0.508 e. The average Bonchev–Trinajstić information content (AvgIpc) is 3.23. The first-order valence-corrected chi connectivity index (χ1v) is 12.5. The Balaban J connectivity index is 0.000000178. The van der Waals surface area contributed by atoms with Crippen LogP contribution < -0.4 is 21.3 Å². The van der Waals surface area contributed by atoms with Crippen molar-refractivity contribution in [1.82, 2.24) is 21.3 Å². The van der Waals surface area contributed by atoms with E-state index in [1.807, 2.05) is 12.1 Å². The molecule has 3 aliphatic rings. The van der Waals surface area contributed by atoms with Crippen LogP contribution in [0.1, 0.15) is 37.1 Å². The molecular weight excluding hydrogens is 528 g/mol. The smallest absolute Gasteiger partial charge is 0.338 e. The number of phenolic OH excluding ortho intramolecular Hbond substituents is 2. The number of allylic oxidation sites excluding steroid dienone is 1. The first-order chi connectivity index (χ1) is 18.2. The van der Waals surface area contributed by atoms with Gasteiger partial charge in [-0.05, 0) is 73.7 Å². The second-order valence-corrected chi connectivity index (χ2v) is 9.30. The summed E-state index contributed by atoms with van der Waals surface area (Å²) in [5.74, 6) is -0.483. The second kappa shape index (κ2) is 11.5. The van der Waals surface area contributed by atoms with Crippen LogP contribution in [0.15, 0.2) is 71.1 Å². The summed E-state index contributed by atoms with van der Waals surface area (Å²) in [4.78, 5) is 23.8. The van der Waals surface area contributed by atoms with Gasteiger partial charge in [-0.3, -0.25) is 0 Å². The minimum absolute atomic E-state index is 0.134. The third-order valence-corrected chi connectivity index (χ3v) is 6.33. The molecule has 0 aromatic heterocycles. The molecule has 2 unspecified atom stereocenters. The van der Waals surface area contributed by atoms with Crippen LogP contribution in [0.25, 0.3) is 0 Å². The molecule has 2 aromatic carbocycles. The van der Waals surface area contributed by atoms with Gasteiger partial charge in [0, 0.05) is 5.70 Å². The van der Waals surface area contributed by atoms with E-state index in [9.17, 15) is 19.8 Å². The van der Waals surface area contributed by atoms with Crippen molar-refractivity contribution < 1.29 is 29.3 Å². The monoisotopic (exact) mass is 554 g/mol. The third-order valence-electron chi connectivity index (χ3n) is 5.89. The fourth-order valence-electron chi connectivity index (χ4n) is 4.27. The highest BCUT2D eigenvalue weighted by Crippen LogP contribution is 2.32. The zero-order chi connectivity index (χ0) is 27.4. The van der Waals surface area contributed by atoms with Crippen molar-refractivity contribution in [2.45, 2.75) is 25.9 Å². The molecule has 5 rings (SSSR count). The van der Waals surface area contributed by atoms with Crippen LogP contribution in [0.2, 0.25) is 0 Å². The third kappa shape index (κ3) is 5.87. The molecule has 3 heterocycles. The lowest BCUT2D eigenvalue weighted by atomic mass is 9.95. The first kappa shape index (κ1) is 26.9. The van der Waals surface area contributed by atoms with E-state index in [2.05, 4.69) is 21.3 Å². The lowest BCUT2D eigenvalue weighted by Gasteiger charge is -2.29. The van der Waals surface area contributed by atoms with Gasteiger partial charge in [0.05, 0.1) is 35.5 Å². The molecule has 38 heavy (non-hydrogen) atoms. The summed E-state index contributed by atoms with van der Waals surface area (Å²) in [6.07, 6.45) is 0. The van der Waals surface area contributed by atoms with Crippen LogP contribution in [-0.2, 0) is 19.1 Å². The highest BCUT2D eigenvalue weighted by Gasteiger charge is 2.37. The summed E-state index contributed by atoms with van der Waals surface area (Å²) in [6, 6.07) is 12.6. The van der Waals surface area contributed by atoms with Crippen molar-refractivity contribution in [3.63, 3.8) is 0 Å². The van der Waals surface area contributed by atoms with E-state index < -0.39 is 12.0 Å². The molecule has 0 bridgehead atoms. The van der Waals surface area contributed by atoms with Crippen LogP contribution in [-0.4, -0.2) is 45.6 Å². The average molecular weight is 555 g/mol. The number of nitrogens with one attached hydrogen (secondary N) is 4. The molecule has 0 saturated carbocycles. The topological polar surface area (TPSA) is 141 Å². The van der Waals surface area contributed by atoms with E-state index >= 15 is 0 Å². The maximum absolute atomic E-state index is 12.1. The van der Waals surface area contributed by atoms with Gasteiger partial charge in [-0.25, -0.2) is 9.59 Å². The summed E-state index contributed by atoms with van der Waals surface area (Å²) in [5.41, 5.74) is 3.85. The van der Waals surface area contributed by atoms with E-state index in [-0.39, 0.29) is 30.1 Å². The summed E-state index contributed by atoms with van der Waals surface area (Å²) < 4.78 is 10.1. The van der Waals surface area contributed by atoms with Crippen LogP contribution in [0.3, 0.4) is 0 Å². The van der Waals surface area contributed by atoms with Gasteiger partial charge in [-0.1, -0.05) is 24.3 Å². The van der Waals surface area contributed by atoms with Gasteiger partial charge in [0.2, 0.25) is 0 Å². The van der Waals surface area contributed by atoms with Crippen molar-refractivity contribution in [3.05, 3.63) is 82.2 Å². The van der Waals surface area contributed by atoms with Crippen LogP contribution >= 0.6 is 24.4 Å². The van der Waals surface area contributed by atoms with Gasteiger partial charge in [0.25, 0.3) is 0 Å². The fraction of sp³-hybridized carbons (Fsp3) is 0.231. The number of rotatable bonds is 4. The normalized spacial score (nSPS) is 20.1. The van der Waals surface area contributed by atoms with Crippen LogP contribution in [0.4, 0.5) is 0 Å². The standard InChI is InChI=1S/C14H16N2O3S.C12H10N2O3S/c1-3-19-13(18)11-8(2)15-14(20)16-12(11)9-5-4-6-10(17)7-9;15-7-3-1-2-6(4-7)10-9-8(5-17-11(9)16)13-12(18)14-10/h4-7,12,17H,3H2,1-2H3,(H2,15,16,20);1-4,10,15H,5H2,(H2,13,14,18). The summed E-state index contributed by atoms with van der Waals surface area (Å²) in [7, 11) is 0. The maximum atomic E-state index is 12.1.